The SMILES string of the molecule is NC(=O)OC(CC(=O)N1CCN(c2ccccc2)CC1)c1ccc([N+](=O)[O-])cc1. The number of carbonyl (C=O) groups is 2. The molecule has 1 atom stereocenters. The third-order valence-electron chi connectivity index (χ3n) is 4.85. The second kappa shape index (κ2) is 9.05. The molecule has 2 amide bonds. The number of non-ortho nitro benzene ring substituents is 1. The van der Waals surface area contributed by atoms with Crippen molar-refractivity contribution in [3.63, 3.8) is 0 Å². The van der Waals surface area contributed by atoms with Gasteiger partial charge in [-0.15, -0.1) is 0 Å². The van der Waals surface area contributed by atoms with Crippen molar-refractivity contribution in [2.75, 3.05) is 31.1 Å². The van der Waals surface area contributed by atoms with Gasteiger partial charge >= 0.3 is 6.09 Å². The third-order valence-corrected chi connectivity index (χ3v) is 4.85. The summed E-state index contributed by atoms with van der Waals surface area (Å²) in [5.41, 5.74) is 6.65. The Morgan fingerprint density at radius 1 is 1.03 bits per heavy atom. The van der Waals surface area contributed by atoms with Crippen molar-refractivity contribution < 1.29 is 19.2 Å². The number of hydrogen-bond donors (Lipinski definition) is 1. The Morgan fingerprint density at radius 2 is 1.66 bits per heavy atom. The van der Waals surface area contributed by atoms with Crippen LogP contribution in [0.4, 0.5) is 16.2 Å². The lowest BCUT2D eigenvalue weighted by atomic mass is 10.0. The van der Waals surface area contributed by atoms with Gasteiger partial charge < -0.3 is 20.3 Å². The van der Waals surface area contributed by atoms with Crippen LogP contribution in [0.5, 0.6) is 0 Å². The number of anilines is 1. The first-order chi connectivity index (χ1) is 13.9. The number of amides is 2. The molecule has 2 N–H and O–H groups in total. The lowest BCUT2D eigenvalue weighted by Crippen LogP contribution is -2.49. The monoisotopic (exact) mass is 398 g/mol. The van der Waals surface area contributed by atoms with Crippen molar-refractivity contribution >= 4 is 23.4 Å². The van der Waals surface area contributed by atoms with Gasteiger partial charge in [-0.25, -0.2) is 4.79 Å². The first-order valence-corrected chi connectivity index (χ1v) is 9.22. The van der Waals surface area contributed by atoms with E-state index in [4.69, 9.17) is 10.5 Å². The molecule has 3 rings (SSSR count). The van der Waals surface area contributed by atoms with Crippen LogP contribution in [0, 0.1) is 10.1 Å². The van der Waals surface area contributed by atoms with Crippen molar-refractivity contribution in [3.05, 3.63) is 70.3 Å². The number of nitrogens with two attached hydrogens (primary N) is 1. The summed E-state index contributed by atoms with van der Waals surface area (Å²) in [4.78, 5) is 38.2. The summed E-state index contributed by atoms with van der Waals surface area (Å²) in [6.07, 6.45) is -1.98. The van der Waals surface area contributed by atoms with Gasteiger partial charge in [0, 0.05) is 44.0 Å². The molecular formula is C20H22N4O5. The van der Waals surface area contributed by atoms with Crippen LogP contribution in [0.25, 0.3) is 0 Å². The molecule has 0 radical (unpaired) electrons. The second-order valence-corrected chi connectivity index (χ2v) is 6.68. The maximum atomic E-state index is 12.7. The number of para-hydroxylation sites is 1. The van der Waals surface area contributed by atoms with Crippen LogP contribution in [0.15, 0.2) is 54.6 Å². The Hall–Kier alpha value is -3.62. The van der Waals surface area contributed by atoms with E-state index in [0.717, 1.165) is 5.69 Å². The molecule has 1 heterocycles. The van der Waals surface area contributed by atoms with E-state index in [1.165, 1.54) is 24.3 Å². The summed E-state index contributed by atoms with van der Waals surface area (Å²) >= 11 is 0. The molecule has 9 nitrogen and oxygen atoms in total. The number of carbonyl (C=O) groups excluding carboxylic acids is 2. The summed E-state index contributed by atoms with van der Waals surface area (Å²) < 4.78 is 5.10. The van der Waals surface area contributed by atoms with E-state index in [0.29, 0.717) is 31.7 Å². The minimum Gasteiger partial charge on any atom is -0.441 e. The number of primary amides is 1. The number of benzene rings is 2. The standard InChI is InChI=1S/C20H22N4O5/c21-20(26)29-18(15-6-8-17(9-7-15)24(27)28)14-19(25)23-12-10-22(11-13-23)16-4-2-1-3-5-16/h1-9,18H,10-14H2,(H2,21,26). The van der Waals surface area contributed by atoms with E-state index in [1.807, 2.05) is 30.3 Å². The summed E-state index contributed by atoms with van der Waals surface area (Å²) in [5, 5.41) is 10.8. The fraction of sp³-hybridized carbons (Fsp3) is 0.300. The predicted octanol–water partition coefficient (Wildman–Crippen LogP) is 2.47. The van der Waals surface area contributed by atoms with E-state index in [1.54, 1.807) is 4.90 Å². The number of ether oxygens (including phenoxy) is 1. The molecule has 0 spiro atoms. The van der Waals surface area contributed by atoms with Gasteiger partial charge in [0.1, 0.15) is 6.10 Å². The molecule has 1 saturated heterocycles. The molecule has 0 aromatic heterocycles. The highest BCUT2D eigenvalue weighted by Crippen LogP contribution is 2.25. The maximum Gasteiger partial charge on any atom is 0.405 e. The number of nitro groups is 1. The Labute approximate surface area is 167 Å². The maximum absolute atomic E-state index is 12.7. The molecule has 1 fully saturated rings. The molecule has 1 aliphatic rings. The number of nitro benzene ring substituents is 1. The second-order valence-electron chi connectivity index (χ2n) is 6.68. The number of rotatable bonds is 6. The summed E-state index contributed by atoms with van der Waals surface area (Å²) in [6, 6.07) is 15.5. The molecule has 0 bridgehead atoms. The molecule has 2 aromatic rings. The lowest BCUT2D eigenvalue weighted by Gasteiger charge is -2.36. The molecule has 29 heavy (non-hydrogen) atoms. The molecule has 2 aromatic carbocycles. The average molecular weight is 398 g/mol. The molecule has 152 valence electrons. The van der Waals surface area contributed by atoms with E-state index in [9.17, 15) is 19.7 Å². The number of hydrogen-bond acceptors (Lipinski definition) is 6. The van der Waals surface area contributed by atoms with Gasteiger partial charge in [0.05, 0.1) is 11.3 Å². The highest BCUT2D eigenvalue weighted by atomic mass is 16.6. The lowest BCUT2D eigenvalue weighted by molar-refractivity contribution is -0.384. The molecule has 9 heteroatoms. The molecule has 1 unspecified atom stereocenters. The Kier molecular flexibility index (Phi) is 6.28. The fourth-order valence-corrected chi connectivity index (χ4v) is 3.32. The first-order valence-electron chi connectivity index (χ1n) is 9.22. The van der Waals surface area contributed by atoms with Gasteiger partial charge in [0.15, 0.2) is 0 Å². The Morgan fingerprint density at radius 3 is 2.21 bits per heavy atom. The van der Waals surface area contributed by atoms with Gasteiger partial charge in [-0.1, -0.05) is 18.2 Å². The Balaban J connectivity index is 1.63. The molecule has 1 aliphatic heterocycles. The largest absolute Gasteiger partial charge is 0.441 e. The third kappa shape index (κ3) is 5.22. The van der Waals surface area contributed by atoms with Crippen LogP contribution in [-0.2, 0) is 9.53 Å². The zero-order valence-corrected chi connectivity index (χ0v) is 15.8. The molecule has 0 aliphatic carbocycles. The van der Waals surface area contributed by atoms with Gasteiger partial charge in [-0.2, -0.15) is 0 Å². The highest BCUT2D eigenvalue weighted by Gasteiger charge is 2.26. The van der Waals surface area contributed by atoms with Crippen molar-refractivity contribution in [1.82, 2.24) is 4.90 Å². The van der Waals surface area contributed by atoms with E-state index >= 15 is 0 Å². The minimum atomic E-state index is -1.00. The zero-order valence-electron chi connectivity index (χ0n) is 15.8. The summed E-state index contributed by atoms with van der Waals surface area (Å²) in [7, 11) is 0. The zero-order chi connectivity index (χ0) is 20.8. The quantitative estimate of drug-likeness (QED) is 0.590. The van der Waals surface area contributed by atoms with Gasteiger partial charge in [0.25, 0.3) is 5.69 Å². The van der Waals surface area contributed by atoms with Crippen molar-refractivity contribution in [1.29, 1.82) is 0 Å². The topological polar surface area (TPSA) is 119 Å². The van der Waals surface area contributed by atoms with E-state index in [2.05, 4.69) is 4.90 Å². The molecular weight excluding hydrogens is 376 g/mol. The van der Waals surface area contributed by atoms with Gasteiger partial charge in [-0.05, 0) is 29.8 Å². The number of piperazine rings is 1. The highest BCUT2D eigenvalue weighted by molar-refractivity contribution is 5.78. The number of nitrogens with zero attached hydrogens (tertiary/aromatic N) is 3. The van der Waals surface area contributed by atoms with Crippen LogP contribution in [0.3, 0.4) is 0 Å². The van der Waals surface area contributed by atoms with E-state index < -0.39 is 17.1 Å². The van der Waals surface area contributed by atoms with Crippen molar-refractivity contribution in [2.24, 2.45) is 5.73 Å². The molecule has 0 saturated carbocycles. The van der Waals surface area contributed by atoms with Crippen LogP contribution < -0.4 is 10.6 Å². The Bertz CT molecular complexity index is 864. The van der Waals surface area contributed by atoms with Crippen LogP contribution in [-0.4, -0.2) is 48.0 Å². The average Bonchev–Trinajstić information content (AvgIpc) is 2.73. The van der Waals surface area contributed by atoms with Gasteiger partial charge in [0.2, 0.25) is 5.91 Å². The van der Waals surface area contributed by atoms with Crippen molar-refractivity contribution in [3.8, 4) is 0 Å². The smallest absolute Gasteiger partial charge is 0.405 e. The van der Waals surface area contributed by atoms with Crippen LogP contribution in [0.1, 0.15) is 18.1 Å². The van der Waals surface area contributed by atoms with Crippen LogP contribution >= 0.6 is 0 Å². The predicted molar refractivity (Wildman–Crippen MR) is 106 cm³/mol. The van der Waals surface area contributed by atoms with Crippen molar-refractivity contribution in [2.45, 2.75) is 12.5 Å². The fourth-order valence-electron chi connectivity index (χ4n) is 3.32. The summed E-state index contributed by atoms with van der Waals surface area (Å²) in [5.74, 6) is -0.165. The van der Waals surface area contributed by atoms with E-state index in [-0.39, 0.29) is 18.0 Å². The normalized spacial score (nSPS) is 14.9. The summed E-state index contributed by atoms with van der Waals surface area (Å²) in [6.45, 7) is 2.51. The van der Waals surface area contributed by atoms with Gasteiger partial charge in [-0.3, -0.25) is 14.9 Å². The first kappa shape index (κ1) is 20.1. The van der Waals surface area contributed by atoms with Crippen LogP contribution in [0.2, 0.25) is 0 Å². The minimum absolute atomic E-state index is 0.0773.